The molecule has 7 heteroatoms. The van der Waals surface area contributed by atoms with Crippen LogP contribution in [-0.2, 0) is 4.79 Å². The summed E-state index contributed by atoms with van der Waals surface area (Å²) in [5, 5.41) is 6.08. The van der Waals surface area contributed by atoms with Crippen molar-refractivity contribution < 1.29 is 9.53 Å². The van der Waals surface area contributed by atoms with E-state index in [0.717, 1.165) is 0 Å². The van der Waals surface area contributed by atoms with Gasteiger partial charge in [0.05, 0.1) is 17.9 Å². The van der Waals surface area contributed by atoms with Gasteiger partial charge in [0.2, 0.25) is 5.88 Å². The molecule has 3 heterocycles. The van der Waals surface area contributed by atoms with Gasteiger partial charge in [0.15, 0.2) is 5.75 Å². The third-order valence-corrected chi connectivity index (χ3v) is 4.72. The number of aromatic nitrogens is 2. The SMILES string of the molecule is O=C(Nc1ccc(Oc2cccnc2Br)nc1)C1=CNC2C=CC=CC12. The fourth-order valence-corrected chi connectivity index (χ4v) is 3.17. The van der Waals surface area contributed by atoms with E-state index < -0.39 is 0 Å². The van der Waals surface area contributed by atoms with Crippen LogP contribution in [0.4, 0.5) is 5.69 Å². The molecule has 0 fully saturated rings. The number of carbonyl (C=O) groups is 1. The molecule has 0 spiro atoms. The van der Waals surface area contributed by atoms with Gasteiger partial charge in [-0.25, -0.2) is 9.97 Å². The van der Waals surface area contributed by atoms with E-state index in [4.69, 9.17) is 4.74 Å². The number of carbonyl (C=O) groups excluding carboxylic acids is 1. The number of rotatable bonds is 4. The minimum Gasteiger partial charge on any atom is -0.436 e. The number of fused-ring (bicyclic) bond motifs is 1. The van der Waals surface area contributed by atoms with Crippen molar-refractivity contribution in [1.82, 2.24) is 15.3 Å². The van der Waals surface area contributed by atoms with Gasteiger partial charge in [0.25, 0.3) is 5.91 Å². The molecule has 2 aromatic heterocycles. The number of halogens is 1. The Balaban J connectivity index is 1.41. The van der Waals surface area contributed by atoms with Crippen LogP contribution in [0.25, 0.3) is 0 Å². The summed E-state index contributed by atoms with van der Waals surface area (Å²) >= 11 is 3.32. The molecule has 0 saturated heterocycles. The highest BCUT2D eigenvalue weighted by Gasteiger charge is 2.31. The van der Waals surface area contributed by atoms with Gasteiger partial charge in [0, 0.05) is 30.0 Å². The van der Waals surface area contributed by atoms with Crippen LogP contribution in [0.3, 0.4) is 0 Å². The van der Waals surface area contributed by atoms with Gasteiger partial charge in [-0.05, 0) is 34.1 Å². The predicted molar refractivity (Wildman–Crippen MR) is 102 cm³/mol. The van der Waals surface area contributed by atoms with Crippen LogP contribution in [0.1, 0.15) is 0 Å². The largest absolute Gasteiger partial charge is 0.436 e. The van der Waals surface area contributed by atoms with E-state index in [1.807, 2.05) is 24.3 Å². The lowest BCUT2D eigenvalue weighted by Gasteiger charge is -2.18. The molecule has 2 N–H and O–H groups in total. The van der Waals surface area contributed by atoms with Gasteiger partial charge < -0.3 is 15.4 Å². The summed E-state index contributed by atoms with van der Waals surface area (Å²) in [4.78, 5) is 20.9. The highest BCUT2D eigenvalue weighted by molar-refractivity contribution is 9.10. The zero-order valence-electron chi connectivity index (χ0n) is 13.6. The average molecular weight is 411 g/mol. The molecular weight excluding hydrogens is 396 g/mol. The van der Waals surface area contributed by atoms with Gasteiger partial charge >= 0.3 is 0 Å². The third-order valence-electron chi connectivity index (χ3n) is 4.12. The molecule has 1 aliphatic carbocycles. The summed E-state index contributed by atoms with van der Waals surface area (Å²) in [6, 6.07) is 7.16. The van der Waals surface area contributed by atoms with Crippen LogP contribution in [0.15, 0.2) is 77.3 Å². The molecule has 0 radical (unpaired) electrons. The molecule has 1 aliphatic heterocycles. The summed E-state index contributed by atoms with van der Waals surface area (Å²) in [6.45, 7) is 0. The summed E-state index contributed by atoms with van der Waals surface area (Å²) in [5.41, 5.74) is 1.31. The normalized spacial score (nSPS) is 20.1. The topological polar surface area (TPSA) is 76.1 Å². The number of amides is 1. The number of allylic oxidation sites excluding steroid dienone is 2. The standard InChI is InChI=1S/C19H15BrN4O2/c20-18-16(6-3-9-21-18)26-17-8-7-12(10-23-17)24-19(25)14-11-22-15-5-2-1-4-13(14)15/h1-11,13,15,22H,(H,24,25). The van der Waals surface area contributed by atoms with Gasteiger partial charge in [-0.1, -0.05) is 24.3 Å². The number of nitrogens with one attached hydrogen (secondary N) is 2. The quantitative estimate of drug-likeness (QED) is 0.753. The van der Waals surface area contributed by atoms with Crippen LogP contribution < -0.4 is 15.4 Å². The lowest BCUT2D eigenvalue weighted by Crippen LogP contribution is -2.27. The molecule has 130 valence electrons. The van der Waals surface area contributed by atoms with Crippen molar-refractivity contribution in [2.75, 3.05) is 5.32 Å². The number of nitrogens with zero attached hydrogens (tertiary/aromatic N) is 2. The lowest BCUT2D eigenvalue weighted by molar-refractivity contribution is -0.113. The minimum absolute atomic E-state index is 0.0542. The van der Waals surface area contributed by atoms with Crippen molar-refractivity contribution in [1.29, 1.82) is 0 Å². The van der Waals surface area contributed by atoms with Gasteiger partial charge in [0.1, 0.15) is 4.60 Å². The molecule has 26 heavy (non-hydrogen) atoms. The Morgan fingerprint density at radius 1 is 1.19 bits per heavy atom. The number of hydrogen-bond acceptors (Lipinski definition) is 5. The summed E-state index contributed by atoms with van der Waals surface area (Å²) in [5.74, 6) is 0.898. The first kappa shape index (κ1) is 16.5. The van der Waals surface area contributed by atoms with Gasteiger partial charge in [-0.15, -0.1) is 0 Å². The second kappa shape index (κ2) is 7.13. The first-order valence-electron chi connectivity index (χ1n) is 8.07. The Bertz CT molecular complexity index is 921. The van der Waals surface area contributed by atoms with Crippen LogP contribution in [0, 0.1) is 5.92 Å². The van der Waals surface area contributed by atoms with E-state index >= 15 is 0 Å². The molecule has 0 aromatic carbocycles. The maximum atomic E-state index is 12.5. The van der Waals surface area contributed by atoms with Crippen molar-refractivity contribution >= 4 is 27.5 Å². The first-order chi connectivity index (χ1) is 12.7. The van der Waals surface area contributed by atoms with Crippen molar-refractivity contribution in [3.63, 3.8) is 0 Å². The van der Waals surface area contributed by atoms with E-state index in [9.17, 15) is 4.79 Å². The van der Waals surface area contributed by atoms with Gasteiger partial charge in [-0.2, -0.15) is 0 Å². The Hall–Kier alpha value is -2.93. The molecule has 2 aromatic rings. The predicted octanol–water partition coefficient (Wildman–Crippen LogP) is 3.57. The maximum absolute atomic E-state index is 12.5. The zero-order chi connectivity index (χ0) is 17.9. The van der Waals surface area contributed by atoms with Crippen LogP contribution >= 0.6 is 15.9 Å². The highest BCUT2D eigenvalue weighted by atomic mass is 79.9. The zero-order valence-corrected chi connectivity index (χ0v) is 15.2. The van der Waals surface area contributed by atoms with Crippen molar-refractivity contribution in [3.05, 3.63) is 77.3 Å². The lowest BCUT2D eigenvalue weighted by atomic mass is 9.91. The second-order valence-corrected chi connectivity index (χ2v) is 6.57. The monoisotopic (exact) mass is 410 g/mol. The molecule has 0 saturated carbocycles. The molecule has 2 atom stereocenters. The van der Waals surface area contributed by atoms with Crippen LogP contribution in [0.5, 0.6) is 11.6 Å². The van der Waals surface area contributed by atoms with E-state index in [2.05, 4.69) is 36.5 Å². The molecule has 4 rings (SSSR count). The summed E-state index contributed by atoms with van der Waals surface area (Å²) < 4.78 is 6.27. The molecule has 1 amide bonds. The minimum atomic E-state index is -0.143. The van der Waals surface area contributed by atoms with Gasteiger partial charge in [-0.3, -0.25) is 4.79 Å². The Labute approximate surface area is 158 Å². The summed E-state index contributed by atoms with van der Waals surface area (Å²) in [6.07, 6.45) is 13.0. The Morgan fingerprint density at radius 2 is 2.08 bits per heavy atom. The second-order valence-electron chi connectivity index (χ2n) is 5.82. The van der Waals surface area contributed by atoms with Crippen molar-refractivity contribution in [3.8, 4) is 11.6 Å². The van der Waals surface area contributed by atoms with Crippen LogP contribution in [-0.4, -0.2) is 21.9 Å². The van der Waals surface area contributed by atoms with E-state index in [1.54, 1.807) is 42.9 Å². The summed E-state index contributed by atoms with van der Waals surface area (Å²) in [7, 11) is 0. The number of hydrogen-bond donors (Lipinski definition) is 2. The average Bonchev–Trinajstić information content (AvgIpc) is 3.09. The first-order valence-corrected chi connectivity index (χ1v) is 8.87. The van der Waals surface area contributed by atoms with Crippen LogP contribution in [0.2, 0.25) is 0 Å². The molecular formula is C19H15BrN4O2. The van der Waals surface area contributed by atoms with E-state index in [1.165, 1.54) is 0 Å². The molecule has 6 nitrogen and oxygen atoms in total. The van der Waals surface area contributed by atoms with Crippen molar-refractivity contribution in [2.45, 2.75) is 6.04 Å². The fourth-order valence-electron chi connectivity index (χ4n) is 2.84. The number of anilines is 1. The highest BCUT2D eigenvalue weighted by Crippen LogP contribution is 2.28. The van der Waals surface area contributed by atoms with Crippen molar-refractivity contribution in [2.24, 2.45) is 5.92 Å². The number of ether oxygens (including phenoxy) is 1. The molecule has 0 bridgehead atoms. The van der Waals surface area contributed by atoms with E-state index in [0.29, 0.717) is 27.5 Å². The molecule has 2 unspecified atom stereocenters. The smallest absolute Gasteiger partial charge is 0.253 e. The maximum Gasteiger partial charge on any atom is 0.253 e. The fraction of sp³-hybridized carbons (Fsp3) is 0.105. The van der Waals surface area contributed by atoms with E-state index in [-0.39, 0.29) is 17.9 Å². The Morgan fingerprint density at radius 3 is 2.88 bits per heavy atom. The molecule has 2 aliphatic rings. The third kappa shape index (κ3) is 3.39. The number of pyridine rings is 2. The Kier molecular flexibility index (Phi) is 4.53.